The van der Waals surface area contributed by atoms with E-state index in [0.717, 1.165) is 11.3 Å². The fourth-order valence-corrected chi connectivity index (χ4v) is 1.61. The van der Waals surface area contributed by atoms with Crippen molar-refractivity contribution >= 4 is 0 Å². The molecular formula is C10H13N7. The van der Waals surface area contributed by atoms with E-state index in [-0.39, 0.29) is 0 Å². The fraction of sp³-hybridized carbons (Fsp3) is 0.400. The van der Waals surface area contributed by atoms with E-state index < -0.39 is 0 Å². The van der Waals surface area contributed by atoms with Gasteiger partial charge >= 0.3 is 0 Å². The summed E-state index contributed by atoms with van der Waals surface area (Å²) in [5.41, 5.74) is 2.86. The molecule has 0 saturated heterocycles. The quantitative estimate of drug-likeness (QED) is 0.772. The predicted molar refractivity (Wildman–Crippen MR) is 59.6 cm³/mol. The molecule has 17 heavy (non-hydrogen) atoms. The van der Waals surface area contributed by atoms with Gasteiger partial charge in [0.05, 0.1) is 6.54 Å². The molecule has 7 heteroatoms. The molecule has 0 fully saturated rings. The van der Waals surface area contributed by atoms with Crippen LogP contribution in [0.4, 0.5) is 0 Å². The van der Waals surface area contributed by atoms with Crippen molar-refractivity contribution in [3.8, 4) is 6.07 Å². The molecule has 7 nitrogen and oxygen atoms in total. The minimum atomic E-state index is 0.548. The van der Waals surface area contributed by atoms with Gasteiger partial charge in [-0.2, -0.15) is 10.5 Å². The third-order valence-corrected chi connectivity index (χ3v) is 2.74. The van der Waals surface area contributed by atoms with Crippen molar-refractivity contribution in [1.29, 1.82) is 5.26 Å². The van der Waals surface area contributed by atoms with Crippen LogP contribution < -0.4 is 5.32 Å². The lowest BCUT2D eigenvalue weighted by atomic mass is 10.2. The fourth-order valence-electron chi connectivity index (χ4n) is 1.61. The first kappa shape index (κ1) is 11.3. The zero-order valence-electron chi connectivity index (χ0n) is 9.73. The van der Waals surface area contributed by atoms with E-state index >= 15 is 0 Å². The van der Waals surface area contributed by atoms with Crippen LogP contribution in [0.3, 0.4) is 0 Å². The number of nitrogens with one attached hydrogen (secondary N) is 2. The van der Waals surface area contributed by atoms with Gasteiger partial charge in [0.15, 0.2) is 5.82 Å². The maximum absolute atomic E-state index is 8.91. The SMILES string of the molecule is Cc1c(CNCc2nn[nH]n2)cc(C#N)n1C. The van der Waals surface area contributed by atoms with Crippen LogP contribution in [-0.4, -0.2) is 25.2 Å². The highest BCUT2D eigenvalue weighted by Crippen LogP contribution is 2.12. The molecule has 0 aromatic carbocycles. The average molecular weight is 231 g/mol. The highest BCUT2D eigenvalue weighted by atomic mass is 15.5. The number of tetrazole rings is 1. The van der Waals surface area contributed by atoms with Crippen LogP contribution >= 0.6 is 0 Å². The van der Waals surface area contributed by atoms with Gasteiger partial charge in [-0.15, -0.1) is 10.2 Å². The van der Waals surface area contributed by atoms with Gasteiger partial charge in [-0.1, -0.05) is 5.21 Å². The Hall–Kier alpha value is -2.20. The van der Waals surface area contributed by atoms with E-state index in [1.54, 1.807) is 0 Å². The summed E-state index contributed by atoms with van der Waals surface area (Å²) in [6.45, 7) is 3.22. The molecule has 0 aliphatic rings. The van der Waals surface area contributed by atoms with Crippen LogP contribution in [0, 0.1) is 18.3 Å². The Labute approximate surface area is 98.4 Å². The Balaban J connectivity index is 1.98. The smallest absolute Gasteiger partial charge is 0.188 e. The van der Waals surface area contributed by atoms with Crippen molar-refractivity contribution in [2.24, 2.45) is 7.05 Å². The molecule has 2 heterocycles. The molecule has 2 rings (SSSR count). The second kappa shape index (κ2) is 4.76. The Morgan fingerprint density at radius 3 is 2.94 bits per heavy atom. The van der Waals surface area contributed by atoms with Crippen molar-refractivity contribution < 1.29 is 0 Å². The molecule has 0 unspecified atom stereocenters. The zero-order valence-corrected chi connectivity index (χ0v) is 9.73. The van der Waals surface area contributed by atoms with Gasteiger partial charge in [-0.05, 0) is 18.6 Å². The second-order valence-corrected chi connectivity index (χ2v) is 3.74. The summed E-state index contributed by atoms with van der Waals surface area (Å²) in [5.74, 6) is 0.624. The van der Waals surface area contributed by atoms with E-state index in [2.05, 4.69) is 32.0 Å². The topological polar surface area (TPSA) is 95.2 Å². The second-order valence-electron chi connectivity index (χ2n) is 3.74. The average Bonchev–Trinajstić information content (AvgIpc) is 2.92. The standard InChI is InChI=1S/C10H13N7/c1-7-8(3-9(4-11)17(7)2)5-12-6-10-13-15-16-14-10/h3,12H,5-6H2,1-2H3,(H,13,14,15,16). The first-order valence-corrected chi connectivity index (χ1v) is 5.20. The number of H-pyrrole nitrogens is 1. The minimum absolute atomic E-state index is 0.548. The summed E-state index contributed by atoms with van der Waals surface area (Å²) >= 11 is 0. The summed E-state index contributed by atoms with van der Waals surface area (Å²) in [5, 5.41) is 25.7. The van der Waals surface area contributed by atoms with Crippen LogP contribution in [0.15, 0.2) is 6.07 Å². The molecule has 0 bridgehead atoms. The Kier molecular flexibility index (Phi) is 3.16. The molecule has 0 aliphatic carbocycles. The Morgan fingerprint density at radius 2 is 2.35 bits per heavy atom. The van der Waals surface area contributed by atoms with Crippen LogP contribution in [0.25, 0.3) is 0 Å². The number of aromatic nitrogens is 5. The lowest BCUT2D eigenvalue weighted by Crippen LogP contribution is -2.14. The molecule has 0 saturated carbocycles. The van der Waals surface area contributed by atoms with Crippen molar-refractivity contribution in [2.45, 2.75) is 20.0 Å². The molecule has 2 aromatic heterocycles. The molecule has 0 atom stereocenters. The number of nitriles is 1. The van der Waals surface area contributed by atoms with E-state index in [4.69, 9.17) is 5.26 Å². The van der Waals surface area contributed by atoms with E-state index in [1.165, 1.54) is 0 Å². The zero-order chi connectivity index (χ0) is 12.3. The summed E-state index contributed by atoms with van der Waals surface area (Å²) < 4.78 is 1.88. The predicted octanol–water partition coefficient (Wildman–Crippen LogP) is 0.00810. The van der Waals surface area contributed by atoms with Crippen LogP contribution in [0.5, 0.6) is 0 Å². The van der Waals surface area contributed by atoms with Crippen molar-refractivity contribution in [2.75, 3.05) is 0 Å². The van der Waals surface area contributed by atoms with Gasteiger partial charge < -0.3 is 9.88 Å². The number of aromatic amines is 1. The molecular weight excluding hydrogens is 218 g/mol. The van der Waals surface area contributed by atoms with Crippen LogP contribution in [0.1, 0.15) is 22.8 Å². The molecule has 88 valence electrons. The molecule has 2 N–H and O–H groups in total. The minimum Gasteiger partial charge on any atom is -0.340 e. The highest BCUT2D eigenvalue weighted by molar-refractivity contribution is 5.33. The molecule has 2 aromatic rings. The largest absolute Gasteiger partial charge is 0.340 e. The molecule has 0 radical (unpaired) electrons. The van der Waals surface area contributed by atoms with Crippen molar-refractivity contribution in [3.63, 3.8) is 0 Å². The first-order chi connectivity index (χ1) is 8.22. The number of hydrogen-bond acceptors (Lipinski definition) is 5. The molecule has 0 spiro atoms. The molecule has 0 amide bonds. The number of rotatable bonds is 4. The number of nitrogens with zero attached hydrogens (tertiary/aromatic N) is 5. The highest BCUT2D eigenvalue weighted by Gasteiger charge is 2.08. The Morgan fingerprint density at radius 1 is 1.53 bits per heavy atom. The van der Waals surface area contributed by atoms with Crippen LogP contribution in [-0.2, 0) is 20.1 Å². The van der Waals surface area contributed by atoms with E-state index in [1.807, 2.05) is 24.6 Å². The van der Waals surface area contributed by atoms with Gasteiger partial charge in [0.25, 0.3) is 0 Å². The maximum atomic E-state index is 8.91. The van der Waals surface area contributed by atoms with Crippen molar-refractivity contribution in [1.82, 2.24) is 30.5 Å². The summed E-state index contributed by atoms with van der Waals surface area (Å²) in [4.78, 5) is 0. The van der Waals surface area contributed by atoms with Gasteiger partial charge in [0.2, 0.25) is 0 Å². The lowest BCUT2D eigenvalue weighted by Gasteiger charge is -2.02. The van der Waals surface area contributed by atoms with Crippen molar-refractivity contribution in [3.05, 3.63) is 28.8 Å². The lowest BCUT2D eigenvalue weighted by molar-refractivity contribution is 0.659. The first-order valence-electron chi connectivity index (χ1n) is 5.20. The van der Waals surface area contributed by atoms with Crippen LogP contribution in [0.2, 0.25) is 0 Å². The Bertz CT molecular complexity index is 532. The monoisotopic (exact) mass is 231 g/mol. The molecule has 0 aliphatic heterocycles. The van der Waals surface area contributed by atoms with Gasteiger partial charge in [-0.25, -0.2) is 0 Å². The number of hydrogen-bond donors (Lipinski definition) is 2. The van der Waals surface area contributed by atoms with Gasteiger partial charge in [-0.3, -0.25) is 0 Å². The summed E-state index contributed by atoms with van der Waals surface area (Å²) in [6.07, 6.45) is 0. The normalized spacial score (nSPS) is 10.4. The van der Waals surface area contributed by atoms with Gasteiger partial charge in [0, 0.05) is 19.3 Å². The van der Waals surface area contributed by atoms with E-state index in [9.17, 15) is 0 Å². The summed E-state index contributed by atoms with van der Waals surface area (Å²) in [7, 11) is 1.89. The maximum Gasteiger partial charge on any atom is 0.188 e. The summed E-state index contributed by atoms with van der Waals surface area (Å²) in [6, 6.07) is 4.04. The third-order valence-electron chi connectivity index (χ3n) is 2.74. The van der Waals surface area contributed by atoms with Gasteiger partial charge in [0.1, 0.15) is 11.8 Å². The van der Waals surface area contributed by atoms with E-state index in [0.29, 0.717) is 24.6 Å². The third kappa shape index (κ3) is 2.32.